The molecule has 3 N–H and O–H groups in total. The van der Waals surface area contributed by atoms with Gasteiger partial charge in [-0.05, 0) is 69.7 Å². The van der Waals surface area contributed by atoms with Crippen LogP contribution in [0.25, 0.3) is 0 Å². The summed E-state index contributed by atoms with van der Waals surface area (Å²) < 4.78 is 11.8. The van der Waals surface area contributed by atoms with Crippen LogP contribution in [0, 0.1) is 27.1 Å². The summed E-state index contributed by atoms with van der Waals surface area (Å²) >= 11 is 0. The molecule has 7 heteroatoms. The van der Waals surface area contributed by atoms with Gasteiger partial charge in [0.05, 0.1) is 25.2 Å². The smallest absolute Gasteiger partial charge is 0.229 e. The number of hydrogen-bond acceptors (Lipinski definition) is 5. The van der Waals surface area contributed by atoms with Crippen molar-refractivity contribution in [3.05, 3.63) is 12.2 Å². The van der Waals surface area contributed by atoms with Crippen LogP contribution in [0.5, 0.6) is 0 Å². The van der Waals surface area contributed by atoms with Crippen molar-refractivity contribution in [1.29, 1.82) is 0 Å². The number of amides is 2. The standard InChI is InChI=1S/C34H67N3O4/c1-29(2,3)23-36-27(38)32(9,10)18-16-22-41-26-31(7,8)19-20-34(13,35-14)24-37-28(39)33(11,12)17-15-21-40-25-30(4,5)6/h15,17,35H,16,18-26H2,1-14H3,(H,36,38)(H,37,39)/b17-15+. The van der Waals surface area contributed by atoms with Crippen molar-refractivity contribution in [3.8, 4) is 0 Å². The molecule has 0 saturated carbocycles. The molecule has 0 aliphatic rings. The highest BCUT2D eigenvalue weighted by atomic mass is 16.5. The van der Waals surface area contributed by atoms with E-state index in [4.69, 9.17) is 9.47 Å². The van der Waals surface area contributed by atoms with E-state index >= 15 is 0 Å². The lowest BCUT2D eigenvalue weighted by Crippen LogP contribution is -2.52. The van der Waals surface area contributed by atoms with Crippen molar-refractivity contribution in [2.24, 2.45) is 27.1 Å². The third-order valence-corrected chi connectivity index (χ3v) is 7.44. The summed E-state index contributed by atoms with van der Waals surface area (Å²) in [5.74, 6) is 0.111. The van der Waals surface area contributed by atoms with Gasteiger partial charge in [-0.25, -0.2) is 0 Å². The maximum Gasteiger partial charge on any atom is 0.229 e. The van der Waals surface area contributed by atoms with E-state index in [2.05, 4.69) is 78.3 Å². The number of nitrogens with one attached hydrogen (secondary N) is 3. The molecular formula is C34H67N3O4. The minimum absolute atomic E-state index is 0.00319. The predicted octanol–water partition coefficient (Wildman–Crippen LogP) is 6.52. The molecule has 7 nitrogen and oxygen atoms in total. The van der Waals surface area contributed by atoms with Gasteiger partial charge < -0.3 is 25.4 Å². The maximum atomic E-state index is 13.0. The fraction of sp³-hybridized carbons (Fsp3) is 0.882. The van der Waals surface area contributed by atoms with Gasteiger partial charge in [-0.3, -0.25) is 9.59 Å². The Bertz CT molecular complexity index is 819. The molecule has 0 aromatic carbocycles. The Balaban J connectivity index is 4.59. The average Bonchev–Trinajstić information content (AvgIpc) is 2.82. The van der Waals surface area contributed by atoms with Crippen LogP contribution in [-0.4, -0.2) is 63.9 Å². The van der Waals surface area contributed by atoms with Crippen molar-refractivity contribution < 1.29 is 19.1 Å². The molecule has 242 valence electrons. The molecule has 41 heavy (non-hydrogen) atoms. The van der Waals surface area contributed by atoms with E-state index in [-0.39, 0.29) is 33.6 Å². The van der Waals surface area contributed by atoms with Crippen molar-refractivity contribution in [1.82, 2.24) is 16.0 Å². The summed E-state index contributed by atoms with van der Waals surface area (Å²) in [5.41, 5.74) is -1.06. The van der Waals surface area contributed by atoms with Crippen LogP contribution in [0.2, 0.25) is 0 Å². The van der Waals surface area contributed by atoms with E-state index in [1.807, 2.05) is 46.9 Å². The molecule has 2 amide bonds. The second kappa shape index (κ2) is 16.4. The van der Waals surface area contributed by atoms with E-state index in [0.29, 0.717) is 39.5 Å². The first-order valence-corrected chi connectivity index (χ1v) is 15.5. The largest absolute Gasteiger partial charge is 0.381 e. The van der Waals surface area contributed by atoms with E-state index in [9.17, 15) is 9.59 Å². The van der Waals surface area contributed by atoms with Crippen LogP contribution in [-0.2, 0) is 19.1 Å². The normalized spacial score (nSPS) is 15.2. The Morgan fingerprint density at radius 1 is 0.683 bits per heavy atom. The molecule has 0 bridgehead atoms. The van der Waals surface area contributed by atoms with Crippen LogP contribution in [0.3, 0.4) is 0 Å². The van der Waals surface area contributed by atoms with Crippen molar-refractivity contribution in [2.45, 2.75) is 121 Å². The number of likely N-dealkylation sites (N-methyl/N-ethyl adjacent to an activating group) is 1. The summed E-state index contributed by atoms with van der Waals surface area (Å²) in [6.45, 7) is 31.0. The van der Waals surface area contributed by atoms with Crippen molar-refractivity contribution in [3.63, 3.8) is 0 Å². The second-order valence-corrected chi connectivity index (χ2v) is 16.6. The summed E-state index contributed by atoms with van der Waals surface area (Å²) in [7, 11) is 1.95. The van der Waals surface area contributed by atoms with E-state index in [1.165, 1.54) is 0 Å². The number of rotatable bonds is 19. The topological polar surface area (TPSA) is 88.7 Å². The Morgan fingerprint density at radius 3 is 1.80 bits per heavy atom. The van der Waals surface area contributed by atoms with Gasteiger partial charge in [-0.2, -0.15) is 0 Å². The lowest BCUT2D eigenvalue weighted by atomic mass is 9.82. The van der Waals surface area contributed by atoms with Crippen molar-refractivity contribution >= 4 is 11.8 Å². The molecular weight excluding hydrogens is 514 g/mol. The fourth-order valence-corrected chi connectivity index (χ4v) is 4.01. The van der Waals surface area contributed by atoms with E-state index < -0.39 is 10.8 Å². The fourth-order valence-electron chi connectivity index (χ4n) is 4.01. The van der Waals surface area contributed by atoms with Gasteiger partial charge in [0, 0.05) is 30.7 Å². The highest BCUT2D eigenvalue weighted by Gasteiger charge is 2.31. The van der Waals surface area contributed by atoms with E-state index in [1.54, 1.807) is 0 Å². The molecule has 0 aromatic heterocycles. The summed E-state index contributed by atoms with van der Waals surface area (Å²) in [6, 6.07) is 0. The first kappa shape index (κ1) is 39.6. The third-order valence-electron chi connectivity index (χ3n) is 7.44. The first-order chi connectivity index (χ1) is 18.4. The average molecular weight is 582 g/mol. The molecule has 0 heterocycles. The van der Waals surface area contributed by atoms with Gasteiger partial charge in [-0.1, -0.05) is 81.4 Å². The van der Waals surface area contributed by atoms with Crippen LogP contribution in [0.4, 0.5) is 0 Å². The van der Waals surface area contributed by atoms with Crippen LogP contribution in [0.15, 0.2) is 12.2 Å². The summed E-state index contributed by atoms with van der Waals surface area (Å²) in [4.78, 5) is 25.6. The zero-order valence-corrected chi connectivity index (χ0v) is 29.4. The van der Waals surface area contributed by atoms with Gasteiger partial charge in [0.25, 0.3) is 0 Å². The molecule has 0 saturated heterocycles. The highest BCUT2D eigenvalue weighted by molar-refractivity contribution is 5.83. The van der Waals surface area contributed by atoms with E-state index in [0.717, 1.165) is 25.7 Å². The Kier molecular flexibility index (Phi) is 15.8. The minimum atomic E-state index is -0.616. The van der Waals surface area contributed by atoms with Crippen LogP contribution >= 0.6 is 0 Å². The van der Waals surface area contributed by atoms with Crippen LogP contribution < -0.4 is 16.0 Å². The van der Waals surface area contributed by atoms with Crippen molar-refractivity contribution in [2.75, 3.05) is 46.6 Å². The molecule has 1 atom stereocenters. The summed E-state index contributed by atoms with van der Waals surface area (Å²) in [5, 5.41) is 9.67. The van der Waals surface area contributed by atoms with Gasteiger partial charge in [0.15, 0.2) is 0 Å². The summed E-state index contributed by atoms with van der Waals surface area (Å²) in [6.07, 6.45) is 7.36. The molecule has 0 rings (SSSR count). The van der Waals surface area contributed by atoms with Gasteiger partial charge in [0.2, 0.25) is 11.8 Å². The molecule has 0 aromatic rings. The molecule has 0 spiro atoms. The Labute approximate surface area is 253 Å². The molecule has 0 fully saturated rings. The molecule has 1 unspecified atom stereocenters. The zero-order valence-electron chi connectivity index (χ0n) is 29.4. The molecule has 0 aliphatic carbocycles. The van der Waals surface area contributed by atoms with Gasteiger partial charge in [-0.15, -0.1) is 0 Å². The maximum absolute atomic E-state index is 13.0. The lowest BCUT2D eigenvalue weighted by Gasteiger charge is -2.35. The third kappa shape index (κ3) is 18.7. The monoisotopic (exact) mass is 582 g/mol. The van der Waals surface area contributed by atoms with Crippen LogP contribution in [0.1, 0.15) is 116 Å². The quantitative estimate of drug-likeness (QED) is 0.119. The number of carbonyl (C=O) groups is 2. The minimum Gasteiger partial charge on any atom is -0.381 e. The molecule has 0 aliphatic heterocycles. The number of carbonyl (C=O) groups excluding carboxylic acids is 2. The number of hydrogen-bond donors (Lipinski definition) is 3. The highest BCUT2D eigenvalue weighted by Crippen LogP contribution is 2.28. The second-order valence-electron chi connectivity index (χ2n) is 16.6. The predicted molar refractivity (Wildman–Crippen MR) is 173 cm³/mol. The lowest BCUT2D eigenvalue weighted by molar-refractivity contribution is -0.130. The Hall–Kier alpha value is -1.44. The van der Waals surface area contributed by atoms with Gasteiger partial charge >= 0.3 is 0 Å². The first-order valence-electron chi connectivity index (χ1n) is 15.5. The zero-order chi connectivity index (χ0) is 32.2. The van der Waals surface area contributed by atoms with Gasteiger partial charge in [0.1, 0.15) is 0 Å². The number of ether oxygens (including phenoxy) is 2. The SMILES string of the molecule is CNC(C)(CCC(C)(C)COCCCC(C)(C)C(=O)NCC(C)(C)C)CNC(=O)C(C)(C)/C=C/COCC(C)(C)C. The Morgan fingerprint density at radius 2 is 1.27 bits per heavy atom. The molecule has 0 radical (unpaired) electrons.